The minimum Gasteiger partial charge on any atom is -0.373 e. The molecule has 0 radical (unpaired) electrons. The van der Waals surface area contributed by atoms with Gasteiger partial charge in [0, 0.05) is 19.2 Å². The maximum atomic E-state index is 4.28. The van der Waals surface area contributed by atoms with Crippen molar-refractivity contribution in [3.05, 3.63) is 11.9 Å². The van der Waals surface area contributed by atoms with Crippen molar-refractivity contribution in [3.8, 4) is 0 Å². The summed E-state index contributed by atoms with van der Waals surface area (Å²) >= 11 is 0. The van der Waals surface area contributed by atoms with E-state index < -0.39 is 0 Å². The topological polar surface area (TPSA) is 49.8 Å². The van der Waals surface area contributed by atoms with Gasteiger partial charge in [-0.1, -0.05) is 20.3 Å². The number of nitrogens with one attached hydrogen (secondary N) is 2. The highest BCUT2D eigenvalue weighted by Crippen LogP contribution is 2.20. The molecule has 0 saturated carbocycles. The number of hydrogen-bond acceptors (Lipinski definition) is 4. The van der Waals surface area contributed by atoms with E-state index in [4.69, 9.17) is 0 Å². The van der Waals surface area contributed by atoms with Gasteiger partial charge in [0.25, 0.3) is 0 Å². The van der Waals surface area contributed by atoms with Crippen molar-refractivity contribution in [1.82, 2.24) is 9.97 Å². The molecule has 2 N–H and O–H groups in total. The SMILES string of the molecule is CCCNc1ncnc(NC)c1CCC. The van der Waals surface area contributed by atoms with Crippen LogP contribution in [0.15, 0.2) is 6.33 Å². The van der Waals surface area contributed by atoms with Gasteiger partial charge in [-0.3, -0.25) is 0 Å². The van der Waals surface area contributed by atoms with E-state index in [1.54, 1.807) is 6.33 Å². The Balaban J connectivity index is 2.90. The highest BCUT2D eigenvalue weighted by Gasteiger charge is 2.08. The van der Waals surface area contributed by atoms with Crippen LogP contribution in [0, 0.1) is 0 Å². The molecule has 0 aliphatic carbocycles. The molecular formula is C11H20N4. The van der Waals surface area contributed by atoms with E-state index in [0.29, 0.717) is 0 Å². The van der Waals surface area contributed by atoms with Gasteiger partial charge in [-0.2, -0.15) is 0 Å². The van der Waals surface area contributed by atoms with Crippen molar-refractivity contribution in [2.24, 2.45) is 0 Å². The molecule has 0 aliphatic rings. The third-order valence-corrected chi connectivity index (χ3v) is 2.22. The number of aromatic nitrogens is 2. The zero-order chi connectivity index (χ0) is 11.1. The third-order valence-electron chi connectivity index (χ3n) is 2.22. The Kier molecular flexibility index (Phi) is 4.87. The third kappa shape index (κ3) is 3.08. The summed E-state index contributed by atoms with van der Waals surface area (Å²) in [6.07, 6.45) is 4.80. The van der Waals surface area contributed by atoms with Crippen LogP contribution >= 0.6 is 0 Å². The van der Waals surface area contributed by atoms with Crippen LogP contribution in [-0.4, -0.2) is 23.6 Å². The van der Waals surface area contributed by atoms with Crippen LogP contribution in [0.3, 0.4) is 0 Å². The Morgan fingerprint density at radius 1 is 1.13 bits per heavy atom. The van der Waals surface area contributed by atoms with E-state index in [1.165, 1.54) is 5.56 Å². The molecule has 1 heterocycles. The highest BCUT2D eigenvalue weighted by atomic mass is 15.1. The summed E-state index contributed by atoms with van der Waals surface area (Å²) in [5.41, 5.74) is 1.19. The quantitative estimate of drug-likeness (QED) is 0.753. The summed E-state index contributed by atoms with van der Waals surface area (Å²) in [6, 6.07) is 0. The normalized spacial score (nSPS) is 10.1. The molecule has 0 saturated heterocycles. The fourth-order valence-corrected chi connectivity index (χ4v) is 1.51. The van der Waals surface area contributed by atoms with Crippen LogP contribution < -0.4 is 10.6 Å². The minimum absolute atomic E-state index is 0.936. The lowest BCUT2D eigenvalue weighted by Gasteiger charge is -2.12. The lowest BCUT2D eigenvalue weighted by atomic mass is 10.1. The summed E-state index contributed by atoms with van der Waals surface area (Å²) in [6.45, 7) is 5.26. The van der Waals surface area contributed by atoms with Crippen molar-refractivity contribution in [2.75, 3.05) is 24.2 Å². The summed E-state index contributed by atoms with van der Waals surface area (Å²) in [5.74, 6) is 1.91. The average molecular weight is 208 g/mol. The lowest BCUT2D eigenvalue weighted by molar-refractivity contribution is 0.891. The van der Waals surface area contributed by atoms with Gasteiger partial charge in [0.15, 0.2) is 0 Å². The molecule has 4 nitrogen and oxygen atoms in total. The largest absolute Gasteiger partial charge is 0.373 e. The first kappa shape index (κ1) is 11.8. The van der Waals surface area contributed by atoms with Crippen LogP contribution in [0.25, 0.3) is 0 Å². The number of hydrogen-bond donors (Lipinski definition) is 2. The molecule has 1 rings (SSSR count). The molecule has 0 unspecified atom stereocenters. The predicted octanol–water partition coefficient (Wildman–Crippen LogP) is 2.29. The molecule has 0 aliphatic heterocycles. The molecule has 1 aromatic heterocycles. The van der Waals surface area contributed by atoms with E-state index in [0.717, 1.165) is 37.4 Å². The zero-order valence-electron chi connectivity index (χ0n) is 9.80. The molecule has 1 aromatic rings. The molecule has 0 bridgehead atoms. The fourth-order valence-electron chi connectivity index (χ4n) is 1.51. The predicted molar refractivity (Wildman–Crippen MR) is 64.4 cm³/mol. The van der Waals surface area contributed by atoms with Gasteiger partial charge >= 0.3 is 0 Å². The lowest BCUT2D eigenvalue weighted by Crippen LogP contribution is -2.09. The van der Waals surface area contributed by atoms with Gasteiger partial charge in [0.05, 0.1) is 0 Å². The minimum atomic E-state index is 0.936. The summed E-state index contributed by atoms with van der Waals surface area (Å²) in [7, 11) is 1.89. The van der Waals surface area contributed by atoms with Crippen LogP contribution in [0.4, 0.5) is 11.6 Å². The van der Waals surface area contributed by atoms with E-state index in [2.05, 4.69) is 34.4 Å². The van der Waals surface area contributed by atoms with Crippen molar-refractivity contribution in [3.63, 3.8) is 0 Å². The van der Waals surface area contributed by atoms with Crippen LogP contribution in [0.2, 0.25) is 0 Å². The Morgan fingerprint density at radius 3 is 2.47 bits per heavy atom. The molecule has 0 fully saturated rings. The molecule has 0 amide bonds. The van der Waals surface area contributed by atoms with E-state index in [1.807, 2.05) is 7.05 Å². The second-order valence-corrected chi connectivity index (χ2v) is 3.48. The molecule has 0 aromatic carbocycles. The van der Waals surface area contributed by atoms with E-state index in [9.17, 15) is 0 Å². The standard InChI is InChI=1S/C11H20N4/c1-4-6-9-10(12-3)14-8-15-11(9)13-7-5-2/h8H,4-7H2,1-3H3,(H2,12,13,14,15). The fraction of sp³-hybridized carbons (Fsp3) is 0.636. The smallest absolute Gasteiger partial charge is 0.134 e. The molecule has 4 heteroatoms. The van der Waals surface area contributed by atoms with Crippen molar-refractivity contribution >= 4 is 11.6 Å². The van der Waals surface area contributed by atoms with Crippen molar-refractivity contribution < 1.29 is 0 Å². The molecule has 0 atom stereocenters. The Hall–Kier alpha value is -1.32. The van der Waals surface area contributed by atoms with Gasteiger partial charge in [-0.05, 0) is 12.8 Å². The van der Waals surface area contributed by atoms with E-state index >= 15 is 0 Å². The average Bonchev–Trinajstić information content (AvgIpc) is 2.28. The first-order valence-corrected chi connectivity index (χ1v) is 5.58. The molecule has 84 valence electrons. The maximum absolute atomic E-state index is 4.28. The van der Waals surface area contributed by atoms with Crippen molar-refractivity contribution in [2.45, 2.75) is 33.1 Å². The molecule has 15 heavy (non-hydrogen) atoms. The molecule has 0 spiro atoms. The second-order valence-electron chi connectivity index (χ2n) is 3.48. The summed E-state index contributed by atoms with van der Waals surface area (Å²) in [5, 5.41) is 6.44. The second kappa shape index (κ2) is 6.22. The number of anilines is 2. The van der Waals surface area contributed by atoms with Gasteiger partial charge in [0.1, 0.15) is 18.0 Å². The van der Waals surface area contributed by atoms with Gasteiger partial charge in [0.2, 0.25) is 0 Å². The molecular weight excluding hydrogens is 188 g/mol. The maximum Gasteiger partial charge on any atom is 0.134 e. The van der Waals surface area contributed by atoms with Gasteiger partial charge in [-0.15, -0.1) is 0 Å². The highest BCUT2D eigenvalue weighted by molar-refractivity contribution is 5.57. The van der Waals surface area contributed by atoms with Crippen LogP contribution in [-0.2, 0) is 6.42 Å². The zero-order valence-corrected chi connectivity index (χ0v) is 9.80. The van der Waals surface area contributed by atoms with Gasteiger partial charge < -0.3 is 10.6 Å². The van der Waals surface area contributed by atoms with Crippen LogP contribution in [0.5, 0.6) is 0 Å². The summed E-state index contributed by atoms with van der Waals surface area (Å²) in [4.78, 5) is 8.50. The number of rotatable bonds is 6. The number of nitrogens with zero attached hydrogens (tertiary/aromatic N) is 2. The van der Waals surface area contributed by atoms with Crippen molar-refractivity contribution in [1.29, 1.82) is 0 Å². The first-order valence-electron chi connectivity index (χ1n) is 5.58. The Morgan fingerprint density at radius 2 is 1.87 bits per heavy atom. The Bertz CT molecular complexity index is 299. The van der Waals surface area contributed by atoms with Gasteiger partial charge in [-0.25, -0.2) is 9.97 Å². The van der Waals surface area contributed by atoms with E-state index in [-0.39, 0.29) is 0 Å². The first-order chi connectivity index (χ1) is 7.33. The summed E-state index contributed by atoms with van der Waals surface area (Å²) < 4.78 is 0. The Labute approximate surface area is 91.5 Å². The monoisotopic (exact) mass is 208 g/mol. The van der Waals surface area contributed by atoms with Crippen LogP contribution in [0.1, 0.15) is 32.3 Å².